The van der Waals surface area contributed by atoms with E-state index in [0.29, 0.717) is 38.7 Å². The van der Waals surface area contributed by atoms with Crippen LogP contribution in [0.25, 0.3) is 11.7 Å². The zero-order valence-electron chi connectivity index (χ0n) is 20.3. The summed E-state index contributed by atoms with van der Waals surface area (Å²) in [7, 11) is 0. The van der Waals surface area contributed by atoms with Crippen molar-refractivity contribution in [3.8, 4) is 11.5 Å². The zero-order valence-corrected chi connectivity index (χ0v) is 21.9. The van der Waals surface area contributed by atoms with Gasteiger partial charge in [0, 0.05) is 12.7 Å². The Labute approximate surface area is 227 Å². The fourth-order valence-corrected chi connectivity index (χ4v) is 5.83. The van der Waals surface area contributed by atoms with Gasteiger partial charge in [0.25, 0.3) is 11.5 Å². The molecule has 0 bridgehead atoms. The summed E-state index contributed by atoms with van der Waals surface area (Å²) in [6.07, 6.45) is 3.25. The Morgan fingerprint density at radius 1 is 1.08 bits per heavy atom. The van der Waals surface area contributed by atoms with Gasteiger partial charge in [-0.3, -0.25) is 18.9 Å². The molecule has 1 atom stereocenters. The molecule has 0 spiro atoms. The first-order chi connectivity index (χ1) is 18.5. The highest BCUT2D eigenvalue weighted by atomic mass is 32.2. The minimum atomic E-state index is -0.287. The third-order valence-corrected chi connectivity index (χ3v) is 7.76. The number of carbonyl (C=O) groups is 1. The summed E-state index contributed by atoms with van der Waals surface area (Å²) in [4.78, 5) is 33.7. The van der Waals surface area contributed by atoms with Crippen LogP contribution >= 0.6 is 24.0 Å². The molecule has 0 saturated carbocycles. The minimum Gasteiger partial charge on any atom is -0.454 e. The quantitative estimate of drug-likeness (QED) is 0.269. The summed E-state index contributed by atoms with van der Waals surface area (Å²) in [5, 5.41) is 3.28. The van der Waals surface area contributed by atoms with E-state index in [1.807, 2.05) is 61.5 Å². The molecule has 2 aromatic heterocycles. The Morgan fingerprint density at radius 2 is 1.87 bits per heavy atom. The predicted octanol–water partition coefficient (Wildman–Crippen LogP) is 5.00. The average molecular weight is 543 g/mol. The van der Waals surface area contributed by atoms with Crippen LogP contribution in [0.3, 0.4) is 0 Å². The Hall–Kier alpha value is -4.15. The van der Waals surface area contributed by atoms with Crippen LogP contribution in [0, 0.1) is 0 Å². The van der Waals surface area contributed by atoms with E-state index in [1.165, 1.54) is 16.2 Å². The van der Waals surface area contributed by atoms with Crippen molar-refractivity contribution in [3.05, 3.63) is 105 Å². The number of hydrogen-bond acceptors (Lipinski definition) is 8. The molecule has 4 aromatic rings. The van der Waals surface area contributed by atoms with Crippen molar-refractivity contribution >= 4 is 51.7 Å². The maximum Gasteiger partial charge on any atom is 0.267 e. The van der Waals surface area contributed by atoms with Gasteiger partial charge in [-0.15, -0.1) is 0 Å². The molecule has 190 valence electrons. The summed E-state index contributed by atoms with van der Waals surface area (Å²) >= 11 is 6.76. The van der Waals surface area contributed by atoms with Crippen LogP contribution < -0.4 is 20.3 Å². The van der Waals surface area contributed by atoms with Gasteiger partial charge in [-0.2, -0.15) is 0 Å². The van der Waals surface area contributed by atoms with Gasteiger partial charge in [0.1, 0.15) is 15.8 Å². The number of nitrogens with zero attached hydrogens (tertiary/aromatic N) is 3. The standard InChI is InChI=1S/C28H22N4O4S2/c1-17(19-7-3-2-4-8-19)32-27(34)23(38-28(32)37)14-20-25(30-24-9-5-6-12-31(24)26(20)33)29-15-18-10-11-21-22(13-18)36-16-35-21/h2-14,17,29H,15-16H2,1H3. The topological polar surface area (TPSA) is 85.2 Å². The van der Waals surface area contributed by atoms with Crippen LogP contribution in [0.4, 0.5) is 5.82 Å². The molecule has 2 aliphatic rings. The lowest BCUT2D eigenvalue weighted by atomic mass is 10.1. The third-order valence-electron chi connectivity index (χ3n) is 6.43. The second kappa shape index (κ2) is 9.96. The van der Waals surface area contributed by atoms with Gasteiger partial charge in [-0.05, 0) is 48.4 Å². The molecule has 38 heavy (non-hydrogen) atoms. The molecule has 2 aromatic carbocycles. The molecule has 0 radical (unpaired) electrons. The molecule has 10 heteroatoms. The molecule has 8 nitrogen and oxygen atoms in total. The first kappa shape index (κ1) is 24.2. The number of anilines is 1. The first-order valence-corrected chi connectivity index (χ1v) is 13.2. The number of thioether (sulfide) groups is 1. The van der Waals surface area contributed by atoms with E-state index in [-0.39, 0.29) is 29.9 Å². The van der Waals surface area contributed by atoms with Crippen molar-refractivity contribution in [1.82, 2.24) is 14.3 Å². The number of rotatable bonds is 6. The Morgan fingerprint density at radius 3 is 2.71 bits per heavy atom. The van der Waals surface area contributed by atoms with E-state index in [9.17, 15) is 9.59 Å². The average Bonchev–Trinajstić information content (AvgIpc) is 3.52. The Balaban J connectivity index is 1.36. The van der Waals surface area contributed by atoms with Gasteiger partial charge < -0.3 is 14.8 Å². The van der Waals surface area contributed by atoms with Crippen LogP contribution in [-0.2, 0) is 11.3 Å². The van der Waals surface area contributed by atoms with Crippen LogP contribution in [-0.4, -0.2) is 31.3 Å². The van der Waals surface area contributed by atoms with Crippen LogP contribution in [0.1, 0.15) is 29.7 Å². The van der Waals surface area contributed by atoms with Crippen molar-refractivity contribution in [3.63, 3.8) is 0 Å². The minimum absolute atomic E-state index is 0.195. The van der Waals surface area contributed by atoms with E-state index < -0.39 is 0 Å². The molecule has 0 aliphatic carbocycles. The molecule has 1 unspecified atom stereocenters. The molecule has 4 heterocycles. The fourth-order valence-electron chi connectivity index (χ4n) is 4.43. The summed E-state index contributed by atoms with van der Waals surface area (Å²) in [6, 6.07) is 20.5. The lowest BCUT2D eigenvalue weighted by Gasteiger charge is -2.23. The maximum absolute atomic E-state index is 13.6. The maximum atomic E-state index is 13.6. The SMILES string of the molecule is CC(c1ccccc1)N1C(=O)C(=Cc2c(NCc3ccc4c(c3)OCO4)nc3ccccn3c2=O)SC1=S. The Kier molecular flexibility index (Phi) is 6.34. The van der Waals surface area contributed by atoms with Gasteiger partial charge in [0.15, 0.2) is 11.5 Å². The highest BCUT2D eigenvalue weighted by Gasteiger charge is 2.36. The van der Waals surface area contributed by atoms with Crippen molar-refractivity contribution in [1.29, 1.82) is 0 Å². The Bertz CT molecular complexity index is 1670. The fraction of sp³-hybridized carbons (Fsp3) is 0.143. The third kappa shape index (κ3) is 4.42. The summed E-state index contributed by atoms with van der Waals surface area (Å²) in [5.41, 5.74) is 2.39. The smallest absolute Gasteiger partial charge is 0.267 e. The molecular weight excluding hydrogens is 520 g/mol. The number of aromatic nitrogens is 2. The van der Waals surface area contributed by atoms with Gasteiger partial charge in [-0.25, -0.2) is 4.98 Å². The van der Waals surface area contributed by atoms with E-state index in [1.54, 1.807) is 29.3 Å². The largest absolute Gasteiger partial charge is 0.454 e. The number of benzene rings is 2. The molecule has 1 fully saturated rings. The number of pyridine rings is 1. The van der Waals surface area contributed by atoms with Crippen molar-refractivity contribution in [2.24, 2.45) is 0 Å². The molecular formula is C28H22N4O4S2. The molecule has 2 aliphatic heterocycles. The molecule has 1 N–H and O–H groups in total. The number of ether oxygens (including phenoxy) is 2. The normalized spacial score (nSPS) is 16.4. The number of hydrogen-bond donors (Lipinski definition) is 1. The molecule has 6 rings (SSSR count). The highest BCUT2D eigenvalue weighted by Crippen LogP contribution is 2.38. The first-order valence-electron chi connectivity index (χ1n) is 12.0. The van der Waals surface area contributed by atoms with E-state index in [2.05, 4.69) is 5.32 Å². The van der Waals surface area contributed by atoms with Crippen LogP contribution in [0.5, 0.6) is 11.5 Å². The lowest BCUT2D eigenvalue weighted by molar-refractivity contribution is -0.123. The van der Waals surface area contributed by atoms with E-state index in [4.69, 9.17) is 26.7 Å². The zero-order chi connectivity index (χ0) is 26.2. The summed E-state index contributed by atoms with van der Waals surface area (Å²) in [6.45, 7) is 2.52. The molecule has 1 saturated heterocycles. The van der Waals surface area contributed by atoms with E-state index in [0.717, 1.165) is 11.1 Å². The second-order valence-electron chi connectivity index (χ2n) is 8.79. The van der Waals surface area contributed by atoms with Crippen molar-refractivity contribution in [2.45, 2.75) is 19.5 Å². The molecule has 1 amide bonds. The summed E-state index contributed by atoms with van der Waals surface area (Å²) in [5.74, 6) is 1.51. The van der Waals surface area contributed by atoms with Crippen molar-refractivity contribution < 1.29 is 14.3 Å². The predicted molar refractivity (Wildman–Crippen MR) is 151 cm³/mol. The number of nitrogens with one attached hydrogen (secondary N) is 1. The number of amides is 1. The summed E-state index contributed by atoms with van der Waals surface area (Å²) < 4.78 is 12.8. The van der Waals surface area contributed by atoms with Gasteiger partial charge in [0.2, 0.25) is 6.79 Å². The van der Waals surface area contributed by atoms with Gasteiger partial charge in [-0.1, -0.05) is 66.4 Å². The number of carbonyl (C=O) groups excluding carboxylic acids is 1. The monoisotopic (exact) mass is 542 g/mol. The van der Waals surface area contributed by atoms with Crippen LogP contribution in [0.15, 0.2) is 82.6 Å². The van der Waals surface area contributed by atoms with Crippen molar-refractivity contribution in [2.75, 3.05) is 12.1 Å². The lowest BCUT2D eigenvalue weighted by Crippen LogP contribution is -2.31. The van der Waals surface area contributed by atoms with Gasteiger partial charge >= 0.3 is 0 Å². The van der Waals surface area contributed by atoms with Crippen LogP contribution in [0.2, 0.25) is 0 Å². The number of thiocarbonyl (C=S) groups is 1. The highest BCUT2D eigenvalue weighted by molar-refractivity contribution is 8.26. The van der Waals surface area contributed by atoms with Gasteiger partial charge in [0.05, 0.1) is 16.5 Å². The van der Waals surface area contributed by atoms with E-state index >= 15 is 0 Å². The number of fused-ring (bicyclic) bond motifs is 2. The second-order valence-corrected chi connectivity index (χ2v) is 10.5.